The normalized spacial score (nSPS) is 11.5. The number of benzene rings is 2. The van der Waals surface area contributed by atoms with Gasteiger partial charge in [-0.2, -0.15) is 9.36 Å². The number of nitrogens with zero attached hydrogens (tertiary/aromatic N) is 9. The molecule has 64 heavy (non-hydrogen) atoms. The van der Waals surface area contributed by atoms with E-state index in [-0.39, 0.29) is 115 Å². The minimum atomic E-state index is -3.62. The molecule has 0 unspecified atom stereocenters. The quantitative estimate of drug-likeness (QED) is 0.0455. The SMILES string of the molecule is CS(=O)(=O)c1nnnn1-c1ccc(OCCOCCOCC(=O)NCCN(CCNC(=O)COCCOCCOc2ccc(-n3nnnc3S(C)(=O)=O)cc2)C(=O)CCC(=O)O)cc1. The van der Waals surface area contributed by atoms with Gasteiger partial charge in [-0.05, 0) is 69.4 Å². The summed E-state index contributed by atoms with van der Waals surface area (Å²) in [4.78, 5) is 49.6. The summed E-state index contributed by atoms with van der Waals surface area (Å²) in [6, 6.07) is 12.9. The maximum Gasteiger partial charge on any atom is 0.303 e. The first-order chi connectivity index (χ1) is 30.6. The zero-order chi connectivity index (χ0) is 46.4. The highest BCUT2D eigenvalue weighted by Gasteiger charge is 2.20. The lowest BCUT2D eigenvalue weighted by molar-refractivity contribution is -0.140. The molecule has 0 fully saturated rings. The van der Waals surface area contributed by atoms with Gasteiger partial charge in [0.25, 0.3) is 10.3 Å². The van der Waals surface area contributed by atoms with Crippen LogP contribution in [0, 0.1) is 0 Å². The Morgan fingerprint density at radius 3 is 1.38 bits per heavy atom. The van der Waals surface area contributed by atoms with Crippen molar-refractivity contribution in [3.05, 3.63) is 48.5 Å². The van der Waals surface area contributed by atoms with Gasteiger partial charge in [-0.3, -0.25) is 19.2 Å². The maximum atomic E-state index is 12.7. The van der Waals surface area contributed by atoms with E-state index in [1.807, 2.05) is 0 Å². The summed E-state index contributed by atoms with van der Waals surface area (Å²) in [5.74, 6) is -1.48. The van der Waals surface area contributed by atoms with Gasteiger partial charge in [-0.1, -0.05) is 10.2 Å². The molecule has 0 bridgehead atoms. The van der Waals surface area contributed by atoms with Gasteiger partial charge in [0.15, 0.2) is 0 Å². The Hall–Kier alpha value is -6.20. The lowest BCUT2D eigenvalue weighted by Crippen LogP contribution is -2.43. The average molecular weight is 940 g/mol. The summed E-state index contributed by atoms with van der Waals surface area (Å²) in [6.07, 6.45) is 1.37. The molecule has 0 aliphatic heterocycles. The maximum absolute atomic E-state index is 12.7. The van der Waals surface area contributed by atoms with Gasteiger partial charge in [0, 0.05) is 45.1 Å². The number of hydrogen-bond acceptors (Lipinski definition) is 20. The van der Waals surface area contributed by atoms with Crippen LogP contribution in [0.4, 0.5) is 0 Å². The van der Waals surface area contributed by atoms with E-state index >= 15 is 0 Å². The second-order valence-corrected chi connectivity index (χ2v) is 17.1. The molecule has 2 aromatic carbocycles. The van der Waals surface area contributed by atoms with Gasteiger partial charge in [-0.25, -0.2) is 16.8 Å². The van der Waals surface area contributed by atoms with E-state index in [4.69, 9.17) is 33.5 Å². The number of amides is 3. The summed E-state index contributed by atoms with van der Waals surface area (Å²) < 4.78 is 82.3. The molecule has 0 atom stereocenters. The molecule has 0 spiro atoms. The Morgan fingerprint density at radius 2 is 0.984 bits per heavy atom. The lowest BCUT2D eigenvalue weighted by Gasteiger charge is -2.23. The molecule has 2 aromatic heterocycles. The topological polar surface area (TPSA) is 327 Å². The molecule has 3 amide bonds. The van der Waals surface area contributed by atoms with Gasteiger partial charge in [0.1, 0.15) is 37.9 Å². The summed E-state index contributed by atoms with van der Waals surface area (Å²) in [6.45, 7) is 1.12. The molecular formula is C36H49N11O15S2. The minimum absolute atomic E-state index is 0.0504. The summed E-state index contributed by atoms with van der Waals surface area (Å²) in [5, 5.41) is 35.0. The van der Waals surface area contributed by atoms with E-state index < -0.39 is 43.4 Å². The second kappa shape index (κ2) is 25.8. The second-order valence-electron chi connectivity index (χ2n) is 13.3. The van der Waals surface area contributed by atoms with Gasteiger partial charge < -0.3 is 49.1 Å². The predicted octanol–water partition coefficient (Wildman–Crippen LogP) is -2.10. The number of carbonyl (C=O) groups is 4. The largest absolute Gasteiger partial charge is 0.491 e. The Morgan fingerprint density at radius 1 is 0.594 bits per heavy atom. The third-order valence-electron chi connectivity index (χ3n) is 8.22. The van der Waals surface area contributed by atoms with Crippen LogP contribution in [0.25, 0.3) is 11.4 Å². The van der Waals surface area contributed by atoms with Crippen molar-refractivity contribution in [2.24, 2.45) is 0 Å². The molecule has 0 saturated carbocycles. The number of ether oxygens (including phenoxy) is 6. The van der Waals surface area contributed by atoms with Gasteiger partial charge in [0.2, 0.25) is 37.4 Å². The molecule has 350 valence electrons. The monoisotopic (exact) mass is 939 g/mol. The zero-order valence-corrected chi connectivity index (χ0v) is 36.6. The van der Waals surface area contributed by atoms with E-state index in [0.29, 0.717) is 22.9 Å². The molecule has 0 aliphatic carbocycles. The van der Waals surface area contributed by atoms with Crippen LogP contribution >= 0.6 is 0 Å². The highest BCUT2D eigenvalue weighted by Crippen LogP contribution is 2.18. The number of rotatable bonds is 31. The minimum Gasteiger partial charge on any atom is -0.491 e. The van der Waals surface area contributed by atoms with Crippen LogP contribution in [0.1, 0.15) is 12.8 Å². The number of nitrogens with one attached hydrogen (secondary N) is 2. The standard InChI is InChI=1S/C36H49N11O15S2/c1-63(53,54)35-39-41-43-46(35)27-3-7-29(8-4-27)61-23-21-57-17-19-59-25-31(48)37-13-15-45(33(50)11-12-34(51)52)16-14-38-32(49)26-60-20-18-58-22-24-62-30-9-5-28(6-10-30)47-36(40-42-44-47)64(2,55)56/h3-10H,11-26H2,1-2H3,(H,37,48)(H,38,49)(H,51,52). The third kappa shape index (κ3) is 17.9. The molecule has 28 heteroatoms. The first-order valence-corrected chi connectivity index (χ1v) is 23.2. The fourth-order valence-corrected chi connectivity index (χ4v) is 6.50. The third-order valence-corrected chi connectivity index (χ3v) is 10.1. The van der Waals surface area contributed by atoms with Gasteiger partial charge >= 0.3 is 5.97 Å². The number of tetrazole rings is 2. The Kier molecular flexibility index (Phi) is 20.3. The van der Waals surface area contributed by atoms with E-state index in [0.717, 1.165) is 21.9 Å². The van der Waals surface area contributed by atoms with Crippen LogP contribution in [-0.2, 0) is 57.8 Å². The molecule has 0 aliphatic rings. The van der Waals surface area contributed by atoms with Crippen LogP contribution in [-0.4, -0.2) is 196 Å². The summed E-state index contributed by atoms with van der Waals surface area (Å²) in [7, 11) is -7.24. The van der Waals surface area contributed by atoms with Crippen molar-refractivity contribution in [1.29, 1.82) is 0 Å². The Balaban J connectivity index is 1.01. The first-order valence-electron chi connectivity index (χ1n) is 19.4. The molecule has 26 nitrogen and oxygen atoms in total. The fraction of sp³-hybridized carbons (Fsp3) is 0.500. The highest BCUT2D eigenvalue weighted by molar-refractivity contribution is 7.90. The van der Waals surface area contributed by atoms with E-state index in [1.165, 1.54) is 4.90 Å². The molecule has 4 aromatic rings. The summed E-state index contributed by atoms with van der Waals surface area (Å²) >= 11 is 0. The van der Waals surface area contributed by atoms with Crippen LogP contribution in [0.2, 0.25) is 0 Å². The molecule has 2 heterocycles. The first kappa shape index (κ1) is 50.4. The fourth-order valence-electron chi connectivity index (χ4n) is 5.21. The van der Waals surface area contributed by atoms with Gasteiger partial charge in [-0.15, -0.1) is 0 Å². The van der Waals surface area contributed by atoms with Crippen molar-refractivity contribution >= 4 is 43.4 Å². The van der Waals surface area contributed by atoms with Crippen LogP contribution in [0.5, 0.6) is 11.5 Å². The molecular weight excluding hydrogens is 891 g/mol. The van der Waals surface area contributed by atoms with Crippen LogP contribution in [0.3, 0.4) is 0 Å². The number of carbonyl (C=O) groups excluding carboxylic acids is 3. The number of hydrogen-bond donors (Lipinski definition) is 3. The predicted molar refractivity (Wildman–Crippen MR) is 218 cm³/mol. The molecule has 0 saturated heterocycles. The number of sulfone groups is 2. The van der Waals surface area contributed by atoms with Crippen molar-refractivity contribution in [2.75, 3.05) is 105 Å². The zero-order valence-electron chi connectivity index (χ0n) is 34.9. The van der Waals surface area contributed by atoms with Crippen molar-refractivity contribution < 1.29 is 69.5 Å². The summed E-state index contributed by atoms with van der Waals surface area (Å²) in [5.41, 5.74) is 0.868. The van der Waals surface area contributed by atoms with E-state index in [1.54, 1.807) is 48.5 Å². The van der Waals surface area contributed by atoms with Crippen molar-refractivity contribution in [1.82, 2.24) is 55.9 Å². The molecule has 3 N–H and O–H groups in total. The van der Waals surface area contributed by atoms with Crippen molar-refractivity contribution in [2.45, 2.75) is 23.2 Å². The van der Waals surface area contributed by atoms with Crippen LogP contribution in [0.15, 0.2) is 58.8 Å². The van der Waals surface area contributed by atoms with Crippen molar-refractivity contribution in [3.63, 3.8) is 0 Å². The van der Waals surface area contributed by atoms with Crippen LogP contribution < -0.4 is 20.1 Å². The van der Waals surface area contributed by atoms with Crippen molar-refractivity contribution in [3.8, 4) is 22.9 Å². The molecule has 0 radical (unpaired) electrons. The molecule has 4 rings (SSSR count). The highest BCUT2D eigenvalue weighted by atomic mass is 32.2. The van der Waals surface area contributed by atoms with Gasteiger partial charge in [0.05, 0.1) is 57.4 Å². The van der Waals surface area contributed by atoms with E-state index in [2.05, 4.69) is 41.7 Å². The number of aromatic nitrogens is 8. The number of carboxylic acid groups (broad SMARTS) is 1. The Labute approximate surface area is 367 Å². The average Bonchev–Trinajstić information content (AvgIpc) is 3.97. The Bertz CT molecular complexity index is 2180. The number of carboxylic acids is 1. The number of aliphatic carboxylic acids is 1. The smallest absolute Gasteiger partial charge is 0.303 e. The lowest BCUT2D eigenvalue weighted by atomic mass is 10.2. The van der Waals surface area contributed by atoms with E-state index in [9.17, 15) is 36.0 Å².